The maximum atomic E-state index is 6.61. The van der Waals surface area contributed by atoms with Crippen molar-refractivity contribution in [3.05, 3.63) is 63.1 Å². The zero-order chi connectivity index (χ0) is 14.0. The first kappa shape index (κ1) is 14.4. The Labute approximate surface area is 127 Å². The van der Waals surface area contributed by atoms with Gasteiger partial charge in [-0.25, -0.2) is 0 Å². The van der Waals surface area contributed by atoms with Crippen LogP contribution in [0.4, 0.5) is 0 Å². The van der Waals surface area contributed by atoms with Crippen LogP contribution in [0.2, 0.25) is 0 Å². The number of alkyl halides is 1. The number of methoxy groups -OCH3 is 1. The molecule has 0 amide bonds. The molecule has 0 bridgehead atoms. The molecule has 0 aliphatic carbocycles. The second-order valence-corrected chi connectivity index (χ2v) is 5.84. The van der Waals surface area contributed by atoms with E-state index in [9.17, 15) is 0 Å². The van der Waals surface area contributed by atoms with Crippen molar-refractivity contribution in [1.82, 2.24) is 0 Å². The normalized spacial score (nSPS) is 12.3. The predicted octanol–water partition coefficient (Wildman–Crippen LogP) is 5.40. The molecule has 100 valence electrons. The molecule has 0 aromatic heterocycles. The first-order valence-corrected chi connectivity index (χ1v) is 7.31. The quantitative estimate of drug-likeness (QED) is 0.680. The third kappa shape index (κ3) is 2.96. The molecule has 1 atom stereocenters. The monoisotopic (exact) mass is 338 g/mol. The summed E-state index contributed by atoms with van der Waals surface area (Å²) in [7, 11) is 1.66. The Hall–Kier alpha value is -0.990. The van der Waals surface area contributed by atoms with Gasteiger partial charge in [0.1, 0.15) is 5.75 Å². The van der Waals surface area contributed by atoms with E-state index < -0.39 is 0 Å². The number of halogens is 2. The van der Waals surface area contributed by atoms with Crippen molar-refractivity contribution < 1.29 is 4.74 Å². The summed E-state index contributed by atoms with van der Waals surface area (Å²) in [6.45, 7) is 4.21. The maximum absolute atomic E-state index is 6.61. The van der Waals surface area contributed by atoms with Gasteiger partial charge in [0.25, 0.3) is 0 Å². The number of aryl methyl sites for hydroxylation is 1. The molecule has 1 nitrogen and oxygen atoms in total. The molecule has 2 aromatic carbocycles. The smallest absolute Gasteiger partial charge is 0.133 e. The van der Waals surface area contributed by atoms with E-state index in [1.54, 1.807) is 7.11 Å². The molecule has 3 heteroatoms. The van der Waals surface area contributed by atoms with Gasteiger partial charge in [-0.1, -0.05) is 24.3 Å². The topological polar surface area (TPSA) is 9.23 Å². The van der Waals surface area contributed by atoms with Crippen LogP contribution in [-0.4, -0.2) is 7.11 Å². The zero-order valence-corrected chi connectivity index (χ0v) is 13.5. The number of hydrogen-bond acceptors (Lipinski definition) is 1. The average molecular weight is 340 g/mol. The van der Waals surface area contributed by atoms with E-state index in [4.69, 9.17) is 16.3 Å². The van der Waals surface area contributed by atoms with Crippen LogP contribution in [0.15, 0.2) is 40.9 Å². The molecule has 0 spiro atoms. The zero-order valence-electron chi connectivity index (χ0n) is 11.2. The highest BCUT2D eigenvalue weighted by atomic mass is 79.9. The highest BCUT2D eigenvalue weighted by Gasteiger charge is 2.15. The maximum Gasteiger partial charge on any atom is 0.133 e. The van der Waals surface area contributed by atoms with Gasteiger partial charge in [0, 0.05) is 0 Å². The van der Waals surface area contributed by atoms with E-state index in [1.807, 2.05) is 24.3 Å². The van der Waals surface area contributed by atoms with Crippen molar-refractivity contribution in [1.29, 1.82) is 0 Å². The third-order valence-electron chi connectivity index (χ3n) is 3.39. The first-order chi connectivity index (χ1) is 9.04. The molecular weight excluding hydrogens is 324 g/mol. The van der Waals surface area contributed by atoms with Gasteiger partial charge < -0.3 is 4.74 Å². The lowest BCUT2D eigenvalue weighted by Gasteiger charge is -2.16. The van der Waals surface area contributed by atoms with E-state index in [-0.39, 0.29) is 5.38 Å². The van der Waals surface area contributed by atoms with Crippen molar-refractivity contribution >= 4 is 27.5 Å². The van der Waals surface area contributed by atoms with Crippen LogP contribution in [0.1, 0.15) is 27.6 Å². The molecule has 0 aliphatic rings. The Balaban J connectivity index is 2.41. The average Bonchev–Trinajstić information content (AvgIpc) is 2.41. The third-order valence-corrected chi connectivity index (χ3v) is 4.49. The summed E-state index contributed by atoms with van der Waals surface area (Å²) in [6.07, 6.45) is 0. The fourth-order valence-corrected chi connectivity index (χ4v) is 3.00. The van der Waals surface area contributed by atoms with Gasteiger partial charge in [0.05, 0.1) is 17.0 Å². The minimum Gasteiger partial charge on any atom is -0.496 e. The van der Waals surface area contributed by atoms with Gasteiger partial charge in [-0.15, -0.1) is 11.6 Å². The summed E-state index contributed by atoms with van der Waals surface area (Å²) in [4.78, 5) is 0. The van der Waals surface area contributed by atoms with Gasteiger partial charge in [0.15, 0.2) is 0 Å². The molecular formula is C16H16BrClO. The van der Waals surface area contributed by atoms with Gasteiger partial charge in [0.2, 0.25) is 0 Å². The molecule has 0 radical (unpaired) electrons. The lowest BCUT2D eigenvalue weighted by molar-refractivity contribution is 0.412. The Bertz CT molecular complexity index is 595. The van der Waals surface area contributed by atoms with E-state index in [0.29, 0.717) is 0 Å². The van der Waals surface area contributed by atoms with E-state index in [2.05, 4.69) is 41.9 Å². The van der Waals surface area contributed by atoms with Crippen LogP contribution in [0.3, 0.4) is 0 Å². The number of hydrogen-bond donors (Lipinski definition) is 0. The fourth-order valence-electron chi connectivity index (χ4n) is 2.07. The largest absolute Gasteiger partial charge is 0.496 e. The first-order valence-electron chi connectivity index (χ1n) is 6.08. The summed E-state index contributed by atoms with van der Waals surface area (Å²) in [5.41, 5.74) is 4.71. The van der Waals surface area contributed by atoms with Gasteiger partial charge in [-0.05, 0) is 64.2 Å². The Kier molecular flexibility index (Phi) is 4.54. The predicted molar refractivity (Wildman–Crippen MR) is 84.3 cm³/mol. The van der Waals surface area contributed by atoms with Crippen LogP contribution in [0.25, 0.3) is 0 Å². The van der Waals surface area contributed by atoms with Crippen LogP contribution in [0.5, 0.6) is 5.75 Å². The lowest BCUT2D eigenvalue weighted by Crippen LogP contribution is -1.98. The summed E-state index contributed by atoms with van der Waals surface area (Å²) in [6, 6.07) is 12.2. The fraction of sp³-hybridized carbons (Fsp3) is 0.250. The SMILES string of the molecule is COc1ccc(C(Cl)c2cccc(C)c2C)cc1Br. The molecule has 2 rings (SSSR count). The summed E-state index contributed by atoms with van der Waals surface area (Å²) < 4.78 is 6.16. The second-order valence-electron chi connectivity index (χ2n) is 4.55. The number of rotatable bonds is 3. The van der Waals surface area contributed by atoms with Gasteiger partial charge in [-0.2, -0.15) is 0 Å². The molecule has 1 unspecified atom stereocenters. The minimum atomic E-state index is -0.151. The van der Waals surface area contributed by atoms with E-state index in [1.165, 1.54) is 11.1 Å². The van der Waals surface area contributed by atoms with Crippen molar-refractivity contribution in [3.8, 4) is 5.75 Å². The molecule has 0 saturated carbocycles. The summed E-state index contributed by atoms with van der Waals surface area (Å²) in [5, 5.41) is -0.151. The summed E-state index contributed by atoms with van der Waals surface area (Å²) >= 11 is 10.1. The molecule has 2 aromatic rings. The highest BCUT2D eigenvalue weighted by molar-refractivity contribution is 9.10. The lowest BCUT2D eigenvalue weighted by atomic mass is 9.97. The molecule has 0 N–H and O–H groups in total. The number of benzene rings is 2. The molecule has 19 heavy (non-hydrogen) atoms. The van der Waals surface area contributed by atoms with Gasteiger partial charge in [-0.3, -0.25) is 0 Å². The van der Waals surface area contributed by atoms with Crippen LogP contribution < -0.4 is 4.74 Å². The van der Waals surface area contributed by atoms with E-state index >= 15 is 0 Å². The Morgan fingerprint density at radius 1 is 1.16 bits per heavy atom. The summed E-state index contributed by atoms with van der Waals surface area (Å²) in [5.74, 6) is 0.814. The molecule has 0 aliphatic heterocycles. The van der Waals surface area contributed by atoms with Crippen molar-refractivity contribution in [2.24, 2.45) is 0 Å². The highest BCUT2D eigenvalue weighted by Crippen LogP contribution is 2.35. The molecule has 0 saturated heterocycles. The Morgan fingerprint density at radius 3 is 2.53 bits per heavy atom. The number of ether oxygens (including phenoxy) is 1. The van der Waals surface area contributed by atoms with Crippen molar-refractivity contribution in [3.63, 3.8) is 0 Å². The van der Waals surface area contributed by atoms with Crippen molar-refractivity contribution in [2.45, 2.75) is 19.2 Å². The molecule has 0 fully saturated rings. The standard InChI is InChI=1S/C16H16BrClO/c1-10-5-4-6-13(11(10)2)16(18)12-7-8-15(19-3)14(17)9-12/h4-9,16H,1-3H3. The molecule has 0 heterocycles. The minimum absolute atomic E-state index is 0.151. The van der Waals surface area contributed by atoms with E-state index in [0.717, 1.165) is 21.3 Å². The van der Waals surface area contributed by atoms with Crippen molar-refractivity contribution in [2.75, 3.05) is 7.11 Å². The van der Waals surface area contributed by atoms with Crippen LogP contribution in [0, 0.1) is 13.8 Å². The Morgan fingerprint density at radius 2 is 1.89 bits per heavy atom. The van der Waals surface area contributed by atoms with Crippen LogP contribution >= 0.6 is 27.5 Å². The second kappa shape index (κ2) is 5.98. The van der Waals surface area contributed by atoms with Gasteiger partial charge >= 0.3 is 0 Å². The van der Waals surface area contributed by atoms with Crippen LogP contribution in [-0.2, 0) is 0 Å².